The van der Waals surface area contributed by atoms with Crippen LogP contribution in [0.1, 0.15) is 23.1 Å². The first-order valence-corrected chi connectivity index (χ1v) is 9.80. The molecule has 2 nitrogen and oxygen atoms in total. The minimum absolute atomic E-state index is 0.0248. The standard InChI is InChI=1S/C19H15Cl3F6N2/c20-14-5-11(6-15(21)16(14)22)17(19(26,27)28)3-4-30(9-17)12-2-1-10(8-29)13(7-12)18(23,24)25/h1-2,5-7H,3-4,8-9,29H2. The van der Waals surface area contributed by atoms with E-state index in [-0.39, 0.29) is 51.4 Å². The predicted molar refractivity (Wildman–Crippen MR) is 105 cm³/mol. The number of hydrogen-bond acceptors (Lipinski definition) is 2. The van der Waals surface area contributed by atoms with Crippen molar-refractivity contribution in [1.82, 2.24) is 0 Å². The molecule has 0 bridgehead atoms. The summed E-state index contributed by atoms with van der Waals surface area (Å²) in [5.74, 6) is 0. The minimum atomic E-state index is -4.70. The Balaban J connectivity index is 2.05. The van der Waals surface area contributed by atoms with Gasteiger partial charge in [-0.3, -0.25) is 0 Å². The van der Waals surface area contributed by atoms with Gasteiger partial charge < -0.3 is 10.6 Å². The van der Waals surface area contributed by atoms with Crippen LogP contribution in [0.5, 0.6) is 0 Å². The van der Waals surface area contributed by atoms with E-state index in [1.54, 1.807) is 0 Å². The second-order valence-corrected chi connectivity index (χ2v) is 8.24. The van der Waals surface area contributed by atoms with E-state index in [0.29, 0.717) is 0 Å². The number of hydrogen-bond donors (Lipinski definition) is 1. The second-order valence-electron chi connectivity index (χ2n) is 7.05. The van der Waals surface area contributed by atoms with Crippen LogP contribution in [0.15, 0.2) is 30.3 Å². The van der Waals surface area contributed by atoms with E-state index >= 15 is 0 Å². The van der Waals surface area contributed by atoms with E-state index in [1.165, 1.54) is 17.0 Å². The molecule has 0 amide bonds. The normalized spacial score (nSPS) is 20.1. The molecule has 3 rings (SSSR count). The molecule has 0 radical (unpaired) electrons. The lowest BCUT2D eigenvalue weighted by atomic mass is 9.79. The SMILES string of the molecule is NCc1ccc(N2CCC(c3cc(Cl)c(Cl)c(Cl)c3)(C(F)(F)F)C2)cc1C(F)(F)F. The Morgan fingerprint density at radius 2 is 1.57 bits per heavy atom. The van der Waals surface area contributed by atoms with E-state index in [0.717, 1.165) is 18.2 Å². The average molecular weight is 492 g/mol. The lowest BCUT2D eigenvalue weighted by Gasteiger charge is -2.33. The number of halogens is 9. The van der Waals surface area contributed by atoms with Crippen molar-refractivity contribution >= 4 is 40.5 Å². The van der Waals surface area contributed by atoms with E-state index < -0.39 is 29.9 Å². The third-order valence-corrected chi connectivity index (χ3v) is 6.53. The van der Waals surface area contributed by atoms with E-state index in [2.05, 4.69) is 0 Å². The predicted octanol–water partition coefficient (Wildman–Crippen LogP) is 6.83. The van der Waals surface area contributed by atoms with Crippen LogP contribution in [0.2, 0.25) is 15.1 Å². The van der Waals surface area contributed by atoms with E-state index in [9.17, 15) is 26.3 Å². The monoisotopic (exact) mass is 490 g/mol. The number of nitrogens with two attached hydrogens (primary N) is 1. The molecule has 0 saturated carbocycles. The molecule has 164 valence electrons. The molecule has 1 fully saturated rings. The van der Waals surface area contributed by atoms with Crippen LogP contribution in [0.25, 0.3) is 0 Å². The molecular formula is C19H15Cl3F6N2. The average Bonchev–Trinajstić information content (AvgIpc) is 3.11. The van der Waals surface area contributed by atoms with Crippen LogP contribution < -0.4 is 10.6 Å². The Morgan fingerprint density at radius 3 is 2.07 bits per heavy atom. The van der Waals surface area contributed by atoms with Crippen molar-refractivity contribution in [2.24, 2.45) is 5.73 Å². The van der Waals surface area contributed by atoms with Gasteiger partial charge in [-0.05, 0) is 41.8 Å². The summed E-state index contributed by atoms with van der Waals surface area (Å²) < 4.78 is 82.6. The molecule has 0 aromatic heterocycles. The zero-order valence-electron chi connectivity index (χ0n) is 15.1. The quantitative estimate of drug-likeness (QED) is 0.376. The summed E-state index contributed by atoms with van der Waals surface area (Å²) in [5, 5.41) is -0.331. The number of alkyl halides is 6. The van der Waals surface area contributed by atoms with Gasteiger partial charge in [-0.2, -0.15) is 26.3 Å². The van der Waals surface area contributed by atoms with Gasteiger partial charge in [-0.25, -0.2) is 0 Å². The summed E-state index contributed by atoms with van der Waals surface area (Å²) >= 11 is 17.7. The Kier molecular flexibility index (Phi) is 6.19. The highest BCUT2D eigenvalue weighted by molar-refractivity contribution is 6.48. The summed E-state index contributed by atoms with van der Waals surface area (Å²) in [4.78, 5) is 1.26. The topological polar surface area (TPSA) is 29.3 Å². The Bertz CT molecular complexity index is 937. The summed E-state index contributed by atoms with van der Waals surface area (Å²) in [5.41, 5.74) is 1.74. The maximum absolute atomic E-state index is 14.2. The smallest absolute Gasteiger partial charge is 0.370 e. The van der Waals surface area contributed by atoms with Gasteiger partial charge in [0, 0.05) is 25.3 Å². The van der Waals surface area contributed by atoms with Crippen LogP contribution in [0.4, 0.5) is 32.0 Å². The molecule has 0 spiro atoms. The molecule has 0 aliphatic carbocycles. The molecule has 11 heteroatoms. The third-order valence-electron chi connectivity index (χ3n) is 5.33. The highest BCUT2D eigenvalue weighted by Gasteiger charge is 2.59. The van der Waals surface area contributed by atoms with Crippen LogP contribution in [-0.4, -0.2) is 19.3 Å². The van der Waals surface area contributed by atoms with Gasteiger partial charge in [0.05, 0.1) is 20.6 Å². The second kappa shape index (κ2) is 7.97. The fourth-order valence-electron chi connectivity index (χ4n) is 3.70. The van der Waals surface area contributed by atoms with Crippen LogP contribution >= 0.6 is 34.8 Å². The van der Waals surface area contributed by atoms with E-state index in [1.807, 2.05) is 0 Å². The van der Waals surface area contributed by atoms with Crippen molar-refractivity contribution in [3.8, 4) is 0 Å². The molecule has 1 saturated heterocycles. The number of anilines is 1. The molecule has 1 aliphatic heterocycles. The summed E-state index contributed by atoms with van der Waals surface area (Å²) in [6.45, 7) is -1.05. The first-order chi connectivity index (χ1) is 13.8. The molecule has 1 aliphatic rings. The highest BCUT2D eigenvalue weighted by Crippen LogP contribution is 2.50. The molecule has 2 aromatic rings. The highest BCUT2D eigenvalue weighted by atomic mass is 35.5. The Morgan fingerprint density at radius 1 is 0.967 bits per heavy atom. The van der Waals surface area contributed by atoms with Crippen molar-refractivity contribution in [1.29, 1.82) is 0 Å². The van der Waals surface area contributed by atoms with Crippen LogP contribution in [0.3, 0.4) is 0 Å². The first kappa shape index (κ1) is 23.3. The van der Waals surface area contributed by atoms with Gasteiger partial charge in [0.1, 0.15) is 5.41 Å². The largest absolute Gasteiger partial charge is 0.416 e. The van der Waals surface area contributed by atoms with E-state index in [4.69, 9.17) is 40.5 Å². The van der Waals surface area contributed by atoms with Crippen LogP contribution in [0, 0.1) is 0 Å². The molecule has 30 heavy (non-hydrogen) atoms. The molecular weight excluding hydrogens is 477 g/mol. The molecule has 2 aromatic carbocycles. The molecule has 1 heterocycles. The molecule has 2 N–H and O–H groups in total. The maximum atomic E-state index is 14.2. The summed E-state index contributed by atoms with van der Waals surface area (Å²) in [6, 6.07) is 5.56. The minimum Gasteiger partial charge on any atom is -0.370 e. The number of benzene rings is 2. The summed E-state index contributed by atoms with van der Waals surface area (Å²) in [7, 11) is 0. The first-order valence-electron chi connectivity index (χ1n) is 8.67. The van der Waals surface area contributed by atoms with Crippen molar-refractivity contribution < 1.29 is 26.3 Å². The summed E-state index contributed by atoms with van der Waals surface area (Å²) in [6.07, 6.45) is -9.76. The van der Waals surface area contributed by atoms with Crippen LogP contribution in [-0.2, 0) is 18.1 Å². The fourth-order valence-corrected chi connectivity index (χ4v) is 4.29. The van der Waals surface area contributed by atoms with Gasteiger partial charge >= 0.3 is 12.4 Å². The fraction of sp³-hybridized carbons (Fsp3) is 0.368. The number of rotatable bonds is 3. The maximum Gasteiger partial charge on any atom is 0.416 e. The van der Waals surface area contributed by atoms with Crippen molar-refractivity contribution in [3.05, 3.63) is 62.1 Å². The number of nitrogens with zero attached hydrogens (tertiary/aromatic N) is 1. The van der Waals surface area contributed by atoms with Gasteiger partial charge in [-0.1, -0.05) is 40.9 Å². The van der Waals surface area contributed by atoms with Gasteiger partial charge in [-0.15, -0.1) is 0 Å². The molecule has 1 atom stereocenters. The zero-order chi connectivity index (χ0) is 22.5. The van der Waals surface area contributed by atoms with Gasteiger partial charge in [0.2, 0.25) is 0 Å². The van der Waals surface area contributed by atoms with Gasteiger partial charge in [0.25, 0.3) is 0 Å². The Labute approximate surface area is 183 Å². The third kappa shape index (κ3) is 4.07. The Hall–Kier alpha value is -1.35. The van der Waals surface area contributed by atoms with Crippen molar-refractivity contribution in [2.75, 3.05) is 18.0 Å². The lowest BCUT2D eigenvalue weighted by molar-refractivity contribution is -0.184. The lowest BCUT2D eigenvalue weighted by Crippen LogP contribution is -2.45. The zero-order valence-corrected chi connectivity index (χ0v) is 17.4. The molecule has 1 unspecified atom stereocenters. The van der Waals surface area contributed by atoms with Crippen molar-refractivity contribution in [2.45, 2.75) is 30.7 Å². The van der Waals surface area contributed by atoms with Crippen molar-refractivity contribution in [3.63, 3.8) is 0 Å². The van der Waals surface area contributed by atoms with Gasteiger partial charge in [0.15, 0.2) is 0 Å².